The number of H-pyrrole nitrogens is 1. The van der Waals surface area contributed by atoms with E-state index in [-0.39, 0.29) is 0 Å². The smallest absolute Gasteiger partial charge is 0.106 e. The van der Waals surface area contributed by atoms with Crippen molar-refractivity contribution in [1.82, 2.24) is 19.5 Å². The largest absolute Gasteiger partial charge is 0.345 e. The van der Waals surface area contributed by atoms with Gasteiger partial charge in [-0.05, 0) is 19.1 Å². The monoisotopic (exact) mass is 241 g/mol. The van der Waals surface area contributed by atoms with E-state index in [1.807, 2.05) is 20.0 Å². The molecule has 0 aliphatic heterocycles. The van der Waals surface area contributed by atoms with Gasteiger partial charge in [0.25, 0.3) is 0 Å². The van der Waals surface area contributed by atoms with Crippen LogP contribution in [0, 0.1) is 6.92 Å². The fourth-order valence-electron chi connectivity index (χ4n) is 2.26. The van der Waals surface area contributed by atoms with Crippen LogP contribution in [0.4, 0.5) is 0 Å². The number of hydrogen-bond donors (Lipinski definition) is 2. The molecular formula is C13H15N5. The number of nitrogens with two attached hydrogens (primary N) is 1. The van der Waals surface area contributed by atoms with Gasteiger partial charge in [0.2, 0.25) is 0 Å². The predicted molar refractivity (Wildman–Crippen MR) is 70.9 cm³/mol. The average molecular weight is 241 g/mol. The van der Waals surface area contributed by atoms with E-state index in [1.54, 1.807) is 6.33 Å². The number of aryl methyl sites for hydroxylation is 1. The SMILES string of the molecule is Cc1nc(CN)c(-c2ccc3nc[nH]c3c2)n1C. The molecule has 0 unspecified atom stereocenters. The molecular weight excluding hydrogens is 226 g/mol. The van der Waals surface area contributed by atoms with E-state index in [1.165, 1.54) is 0 Å². The lowest BCUT2D eigenvalue weighted by molar-refractivity contribution is 0.865. The molecule has 0 fully saturated rings. The molecule has 0 spiro atoms. The quantitative estimate of drug-likeness (QED) is 0.717. The normalized spacial score (nSPS) is 11.3. The zero-order chi connectivity index (χ0) is 12.7. The summed E-state index contributed by atoms with van der Waals surface area (Å²) in [7, 11) is 2.01. The van der Waals surface area contributed by atoms with Crippen molar-refractivity contribution in [3.05, 3.63) is 36.0 Å². The van der Waals surface area contributed by atoms with Crippen LogP contribution in [0.3, 0.4) is 0 Å². The Morgan fingerprint density at radius 3 is 3.00 bits per heavy atom. The van der Waals surface area contributed by atoms with Crippen molar-refractivity contribution in [2.45, 2.75) is 13.5 Å². The van der Waals surface area contributed by atoms with Gasteiger partial charge in [-0.2, -0.15) is 0 Å². The molecule has 5 nitrogen and oxygen atoms in total. The number of benzene rings is 1. The van der Waals surface area contributed by atoms with Crippen molar-refractivity contribution in [3.63, 3.8) is 0 Å². The summed E-state index contributed by atoms with van der Waals surface area (Å²) >= 11 is 0. The molecule has 3 rings (SSSR count). The molecule has 92 valence electrons. The Morgan fingerprint density at radius 1 is 1.39 bits per heavy atom. The molecule has 3 N–H and O–H groups in total. The van der Waals surface area contributed by atoms with Gasteiger partial charge in [0, 0.05) is 19.2 Å². The standard InChI is InChI=1S/C13H15N5/c1-8-17-12(6-14)13(18(8)2)9-3-4-10-11(5-9)16-7-15-10/h3-5,7H,6,14H2,1-2H3,(H,15,16). The van der Waals surface area contributed by atoms with E-state index in [9.17, 15) is 0 Å². The van der Waals surface area contributed by atoms with Crippen molar-refractivity contribution >= 4 is 11.0 Å². The number of rotatable bonds is 2. The Kier molecular flexibility index (Phi) is 2.41. The van der Waals surface area contributed by atoms with E-state index >= 15 is 0 Å². The van der Waals surface area contributed by atoms with Gasteiger partial charge >= 0.3 is 0 Å². The average Bonchev–Trinajstić information content (AvgIpc) is 2.94. The van der Waals surface area contributed by atoms with Gasteiger partial charge in [-0.3, -0.25) is 0 Å². The first-order valence-corrected chi connectivity index (χ1v) is 5.86. The first-order valence-electron chi connectivity index (χ1n) is 5.86. The lowest BCUT2D eigenvalue weighted by Gasteiger charge is -2.06. The molecule has 0 amide bonds. The topological polar surface area (TPSA) is 72.5 Å². The highest BCUT2D eigenvalue weighted by Gasteiger charge is 2.13. The number of hydrogen-bond acceptors (Lipinski definition) is 3. The van der Waals surface area contributed by atoms with Crippen molar-refractivity contribution < 1.29 is 0 Å². The highest BCUT2D eigenvalue weighted by molar-refractivity contribution is 5.81. The molecule has 0 aliphatic carbocycles. The number of aromatic nitrogens is 4. The van der Waals surface area contributed by atoms with Gasteiger partial charge in [-0.15, -0.1) is 0 Å². The lowest BCUT2D eigenvalue weighted by Crippen LogP contribution is -2.00. The summed E-state index contributed by atoms with van der Waals surface area (Å²) in [4.78, 5) is 11.8. The first-order chi connectivity index (χ1) is 8.70. The van der Waals surface area contributed by atoms with E-state index in [0.717, 1.165) is 33.8 Å². The third kappa shape index (κ3) is 1.52. The second kappa shape index (κ2) is 3.96. The zero-order valence-corrected chi connectivity index (χ0v) is 10.4. The van der Waals surface area contributed by atoms with E-state index < -0.39 is 0 Å². The van der Waals surface area contributed by atoms with Gasteiger partial charge in [0.05, 0.1) is 28.7 Å². The van der Waals surface area contributed by atoms with Gasteiger partial charge in [0.1, 0.15) is 5.82 Å². The van der Waals surface area contributed by atoms with Crippen LogP contribution in [0.2, 0.25) is 0 Å². The molecule has 1 aromatic carbocycles. The van der Waals surface area contributed by atoms with Crippen LogP contribution in [0.25, 0.3) is 22.3 Å². The van der Waals surface area contributed by atoms with Gasteiger partial charge in [0.15, 0.2) is 0 Å². The molecule has 0 radical (unpaired) electrons. The van der Waals surface area contributed by atoms with Gasteiger partial charge < -0.3 is 15.3 Å². The summed E-state index contributed by atoms with van der Waals surface area (Å²) < 4.78 is 2.07. The van der Waals surface area contributed by atoms with Crippen molar-refractivity contribution in [3.8, 4) is 11.3 Å². The molecule has 0 aliphatic rings. The minimum Gasteiger partial charge on any atom is -0.345 e. The van der Waals surface area contributed by atoms with Crippen LogP contribution in [-0.2, 0) is 13.6 Å². The Morgan fingerprint density at radius 2 is 2.22 bits per heavy atom. The van der Waals surface area contributed by atoms with Crippen molar-refractivity contribution in [2.75, 3.05) is 0 Å². The van der Waals surface area contributed by atoms with Crippen LogP contribution in [0.15, 0.2) is 24.5 Å². The fourth-order valence-corrected chi connectivity index (χ4v) is 2.26. The van der Waals surface area contributed by atoms with Crippen LogP contribution in [0.1, 0.15) is 11.5 Å². The molecule has 2 aromatic heterocycles. The Bertz CT molecular complexity index is 707. The number of fused-ring (bicyclic) bond motifs is 1. The maximum absolute atomic E-state index is 5.77. The van der Waals surface area contributed by atoms with Crippen molar-refractivity contribution in [1.29, 1.82) is 0 Å². The van der Waals surface area contributed by atoms with Gasteiger partial charge in [-0.1, -0.05) is 6.07 Å². The fraction of sp³-hybridized carbons (Fsp3) is 0.231. The summed E-state index contributed by atoms with van der Waals surface area (Å²) in [6.07, 6.45) is 1.70. The summed E-state index contributed by atoms with van der Waals surface area (Å²) in [5.41, 5.74) is 10.9. The number of imidazole rings is 2. The molecule has 3 aromatic rings. The lowest BCUT2D eigenvalue weighted by atomic mass is 10.1. The Labute approximate surface area is 105 Å². The highest BCUT2D eigenvalue weighted by Crippen LogP contribution is 2.26. The van der Waals surface area contributed by atoms with Crippen LogP contribution in [-0.4, -0.2) is 19.5 Å². The number of nitrogens with one attached hydrogen (secondary N) is 1. The molecule has 18 heavy (non-hydrogen) atoms. The highest BCUT2D eigenvalue weighted by atomic mass is 15.1. The number of nitrogens with zero attached hydrogens (tertiary/aromatic N) is 3. The molecule has 2 heterocycles. The van der Waals surface area contributed by atoms with Crippen molar-refractivity contribution in [2.24, 2.45) is 12.8 Å². The molecule has 0 saturated carbocycles. The number of aromatic amines is 1. The van der Waals surface area contributed by atoms with Crippen LogP contribution >= 0.6 is 0 Å². The first kappa shape index (κ1) is 11.0. The van der Waals surface area contributed by atoms with E-state index in [0.29, 0.717) is 6.54 Å². The van der Waals surface area contributed by atoms with E-state index in [2.05, 4.69) is 31.7 Å². The predicted octanol–water partition coefficient (Wildman–Crippen LogP) is 1.73. The maximum Gasteiger partial charge on any atom is 0.106 e. The third-order valence-corrected chi connectivity index (χ3v) is 3.28. The Balaban J connectivity index is 2.24. The Hall–Kier alpha value is -2.14. The molecule has 0 atom stereocenters. The summed E-state index contributed by atoms with van der Waals surface area (Å²) in [5, 5.41) is 0. The zero-order valence-electron chi connectivity index (χ0n) is 10.4. The molecule has 0 saturated heterocycles. The molecule has 0 bridgehead atoms. The third-order valence-electron chi connectivity index (χ3n) is 3.28. The van der Waals surface area contributed by atoms with E-state index in [4.69, 9.17) is 5.73 Å². The summed E-state index contributed by atoms with van der Waals surface area (Å²) in [5.74, 6) is 0.968. The maximum atomic E-state index is 5.77. The second-order valence-corrected chi connectivity index (χ2v) is 4.35. The van der Waals surface area contributed by atoms with Gasteiger partial charge in [-0.25, -0.2) is 9.97 Å². The summed E-state index contributed by atoms with van der Waals surface area (Å²) in [6, 6.07) is 6.14. The minimum atomic E-state index is 0.442. The minimum absolute atomic E-state index is 0.442. The van der Waals surface area contributed by atoms with Crippen LogP contribution < -0.4 is 5.73 Å². The summed E-state index contributed by atoms with van der Waals surface area (Å²) in [6.45, 7) is 2.43. The molecule has 5 heteroatoms. The van der Waals surface area contributed by atoms with Crippen LogP contribution in [0.5, 0.6) is 0 Å². The second-order valence-electron chi connectivity index (χ2n) is 4.35.